The smallest absolute Gasteiger partial charge is 0.133 e. The van der Waals surface area contributed by atoms with Gasteiger partial charge in [-0.2, -0.15) is 0 Å². The number of fused-ring (bicyclic) bond motifs is 1. The highest BCUT2D eigenvalue weighted by atomic mass is 32.1. The average molecular weight is 333 g/mol. The molecule has 0 unspecified atom stereocenters. The van der Waals surface area contributed by atoms with Gasteiger partial charge in [0, 0.05) is 42.6 Å². The van der Waals surface area contributed by atoms with Crippen molar-refractivity contribution in [2.45, 2.75) is 39.3 Å². The third-order valence-corrected chi connectivity index (χ3v) is 5.97. The van der Waals surface area contributed by atoms with Gasteiger partial charge in [-0.05, 0) is 32.7 Å². The van der Waals surface area contributed by atoms with E-state index in [1.54, 1.807) is 11.3 Å². The summed E-state index contributed by atoms with van der Waals surface area (Å²) in [5.41, 5.74) is 2.16. The molecule has 0 spiro atoms. The number of nitrogens with zero attached hydrogens (tertiary/aromatic N) is 3. The lowest BCUT2D eigenvalue weighted by Crippen LogP contribution is -2.41. The van der Waals surface area contributed by atoms with Crippen LogP contribution in [0, 0.1) is 25.7 Å². The molecule has 4 heterocycles. The monoisotopic (exact) mass is 333 g/mol. The quantitative estimate of drug-likeness (QED) is 0.861. The van der Waals surface area contributed by atoms with E-state index in [2.05, 4.69) is 27.3 Å². The minimum absolute atomic E-state index is 0.349. The molecule has 2 aromatic heterocycles. The third-order valence-electron chi connectivity index (χ3n) is 4.98. The van der Waals surface area contributed by atoms with Gasteiger partial charge in [0.1, 0.15) is 5.76 Å². The zero-order valence-electron chi connectivity index (χ0n) is 13.7. The van der Waals surface area contributed by atoms with Crippen LogP contribution in [0.2, 0.25) is 0 Å². The largest absolute Gasteiger partial charge is 0.377 e. The fourth-order valence-electron chi connectivity index (χ4n) is 3.91. The van der Waals surface area contributed by atoms with E-state index in [0.717, 1.165) is 49.8 Å². The fraction of sp³-hybridized carbons (Fsp3) is 0.647. The van der Waals surface area contributed by atoms with Gasteiger partial charge in [-0.25, -0.2) is 4.98 Å². The van der Waals surface area contributed by atoms with Crippen LogP contribution in [0.3, 0.4) is 0 Å². The molecule has 124 valence electrons. The van der Waals surface area contributed by atoms with Crippen molar-refractivity contribution in [3.63, 3.8) is 0 Å². The van der Waals surface area contributed by atoms with Crippen LogP contribution in [0.1, 0.15) is 28.6 Å². The number of piperidine rings is 1. The molecule has 2 aromatic rings. The summed E-state index contributed by atoms with van der Waals surface area (Å²) in [6.45, 7) is 7.99. The zero-order chi connectivity index (χ0) is 15.8. The summed E-state index contributed by atoms with van der Waals surface area (Å²) < 4.78 is 11.3. The van der Waals surface area contributed by atoms with Gasteiger partial charge in [0.2, 0.25) is 0 Å². The molecule has 2 saturated heterocycles. The van der Waals surface area contributed by atoms with Gasteiger partial charge in [0.15, 0.2) is 0 Å². The lowest BCUT2D eigenvalue weighted by Gasteiger charge is -2.35. The van der Waals surface area contributed by atoms with Crippen molar-refractivity contribution in [1.82, 2.24) is 15.0 Å². The van der Waals surface area contributed by atoms with E-state index in [1.165, 1.54) is 11.4 Å². The SMILES string of the molecule is Cc1csc(C[C@@H]2OC[C@@H]3CN(Cc4cc(C)on4)CC[C@@H]32)n1. The zero-order valence-corrected chi connectivity index (χ0v) is 14.5. The fourth-order valence-corrected chi connectivity index (χ4v) is 4.72. The average Bonchev–Trinajstić information content (AvgIpc) is 3.22. The molecule has 0 bridgehead atoms. The molecule has 23 heavy (non-hydrogen) atoms. The molecule has 3 atom stereocenters. The first-order valence-electron chi connectivity index (χ1n) is 8.34. The van der Waals surface area contributed by atoms with Gasteiger partial charge in [-0.3, -0.25) is 4.90 Å². The van der Waals surface area contributed by atoms with E-state index >= 15 is 0 Å². The van der Waals surface area contributed by atoms with Gasteiger partial charge in [0.05, 0.1) is 23.4 Å². The standard InChI is InChI=1S/C17H23N3O2S/c1-11-10-23-17(18-11)6-16-15-3-4-20(7-13(15)9-21-16)8-14-5-12(2)22-19-14/h5,10,13,15-16H,3-4,6-9H2,1-2H3/t13-,15-,16-/m0/s1. The number of likely N-dealkylation sites (tertiary alicyclic amines) is 1. The first-order valence-corrected chi connectivity index (χ1v) is 9.22. The molecule has 6 heteroatoms. The van der Waals surface area contributed by atoms with Crippen molar-refractivity contribution < 1.29 is 9.26 Å². The Morgan fingerprint density at radius 2 is 2.30 bits per heavy atom. The van der Waals surface area contributed by atoms with Crippen molar-refractivity contribution in [2.75, 3.05) is 19.7 Å². The maximum atomic E-state index is 6.12. The summed E-state index contributed by atoms with van der Waals surface area (Å²) in [6, 6.07) is 2.03. The first-order chi connectivity index (χ1) is 11.2. The van der Waals surface area contributed by atoms with Crippen LogP contribution in [0.25, 0.3) is 0 Å². The van der Waals surface area contributed by atoms with Gasteiger partial charge in [-0.1, -0.05) is 5.16 Å². The van der Waals surface area contributed by atoms with Gasteiger partial charge >= 0.3 is 0 Å². The molecule has 4 rings (SSSR count). The van der Waals surface area contributed by atoms with Crippen molar-refractivity contribution >= 4 is 11.3 Å². The molecule has 0 aromatic carbocycles. The maximum Gasteiger partial charge on any atom is 0.133 e. The van der Waals surface area contributed by atoms with E-state index in [-0.39, 0.29) is 0 Å². The molecule has 2 aliphatic rings. The minimum Gasteiger partial charge on any atom is -0.377 e. The predicted molar refractivity (Wildman–Crippen MR) is 88.4 cm³/mol. The van der Waals surface area contributed by atoms with Crippen LogP contribution in [-0.4, -0.2) is 40.8 Å². The maximum absolute atomic E-state index is 6.12. The highest BCUT2D eigenvalue weighted by Crippen LogP contribution is 2.36. The molecule has 2 fully saturated rings. The lowest BCUT2D eigenvalue weighted by atomic mass is 9.83. The molecule has 0 aliphatic carbocycles. The Hall–Kier alpha value is -1.24. The van der Waals surface area contributed by atoms with Crippen molar-refractivity contribution in [3.05, 3.63) is 33.6 Å². The summed E-state index contributed by atoms with van der Waals surface area (Å²) in [7, 11) is 0. The number of hydrogen-bond donors (Lipinski definition) is 0. The topological polar surface area (TPSA) is 51.4 Å². The van der Waals surface area contributed by atoms with Crippen LogP contribution in [0.4, 0.5) is 0 Å². The van der Waals surface area contributed by atoms with Gasteiger partial charge in [0.25, 0.3) is 0 Å². The second-order valence-electron chi connectivity index (χ2n) is 6.84. The summed E-state index contributed by atoms with van der Waals surface area (Å²) in [6.07, 6.45) is 2.53. The summed E-state index contributed by atoms with van der Waals surface area (Å²) in [5.74, 6) is 2.20. The van der Waals surface area contributed by atoms with E-state index in [0.29, 0.717) is 17.9 Å². The second kappa shape index (κ2) is 6.34. The van der Waals surface area contributed by atoms with Gasteiger partial charge in [-0.15, -0.1) is 11.3 Å². The molecule has 0 saturated carbocycles. The van der Waals surface area contributed by atoms with Crippen LogP contribution in [0.15, 0.2) is 16.0 Å². The summed E-state index contributed by atoms with van der Waals surface area (Å²) in [5, 5.41) is 7.46. The number of thiazole rings is 1. The van der Waals surface area contributed by atoms with Crippen molar-refractivity contribution in [2.24, 2.45) is 11.8 Å². The van der Waals surface area contributed by atoms with E-state index in [9.17, 15) is 0 Å². The number of rotatable bonds is 4. The molecule has 0 N–H and O–H groups in total. The Morgan fingerprint density at radius 1 is 1.39 bits per heavy atom. The molecule has 5 nitrogen and oxygen atoms in total. The highest BCUT2D eigenvalue weighted by Gasteiger charge is 2.41. The summed E-state index contributed by atoms with van der Waals surface area (Å²) >= 11 is 1.76. The summed E-state index contributed by atoms with van der Waals surface area (Å²) in [4.78, 5) is 7.08. The minimum atomic E-state index is 0.349. The van der Waals surface area contributed by atoms with Crippen molar-refractivity contribution in [1.29, 1.82) is 0 Å². The van der Waals surface area contributed by atoms with Crippen LogP contribution in [-0.2, 0) is 17.7 Å². The normalized spacial score (nSPS) is 28.2. The Labute approximate surface area is 140 Å². The number of aryl methyl sites for hydroxylation is 2. The number of hydrogen-bond acceptors (Lipinski definition) is 6. The molecule has 0 amide bonds. The lowest BCUT2D eigenvalue weighted by molar-refractivity contribution is 0.0847. The van der Waals surface area contributed by atoms with E-state index in [1.807, 2.05) is 13.0 Å². The van der Waals surface area contributed by atoms with E-state index < -0.39 is 0 Å². The molecular formula is C17H23N3O2S. The number of ether oxygens (including phenoxy) is 1. The first kappa shape index (κ1) is 15.3. The van der Waals surface area contributed by atoms with Gasteiger partial charge < -0.3 is 9.26 Å². The Balaban J connectivity index is 1.35. The third kappa shape index (κ3) is 3.34. The van der Waals surface area contributed by atoms with Crippen LogP contribution in [0.5, 0.6) is 0 Å². The van der Waals surface area contributed by atoms with Crippen LogP contribution >= 0.6 is 11.3 Å². The highest BCUT2D eigenvalue weighted by molar-refractivity contribution is 7.09. The predicted octanol–water partition coefficient (Wildman–Crippen LogP) is 2.83. The number of aromatic nitrogens is 2. The molecular weight excluding hydrogens is 310 g/mol. The van der Waals surface area contributed by atoms with E-state index in [4.69, 9.17) is 9.26 Å². The Kier molecular flexibility index (Phi) is 4.22. The van der Waals surface area contributed by atoms with Crippen molar-refractivity contribution in [3.8, 4) is 0 Å². The Morgan fingerprint density at radius 3 is 3.04 bits per heavy atom. The molecule has 0 radical (unpaired) electrons. The second-order valence-corrected chi connectivity index (χ2v) is 7.78. The molecule has 2 aliphatic heterocycles. The van der Waals surface area contributed by atoms with Crippen LogP contribution < -0.4 is 0 Å². The Bertz CT molecular complexity index is 668.